The van der Waals surface area contributed by atoms with E-state index in [1.807, 2.05) is 0 Å². The third-order valence-electron chi connectivity index (χ3n) is 4.09. The molecule has 1 fully saturated rings. The Labute approximate surface area is 142 Å². The number of nitrogens with zero attached hydrogens (tertiary/aromatic N) is 4. The van der Waals surface area contributed by atoms with Gasteiger partial charge >= 0.3 is 6.01 Å². The van der Waals surface area contributed by atoms with Crippen LogP contribution in [0.25, 0.3) is 0 Å². The number of nitrogens with two attached hydrogens (primary N) is 1. The molecule has 0 saturated carbocycles. The first-order valence-electron chi connectivity index (χ1n) is 7.78. The zero-order chi connectivity index (χ0) is 16.9. The molecule has 130 valence electrons. The number of piperidine rings is 1. The summed E-state index contributed by atoms with van der Waals surface area (Å²) >= 11 is 1.24. The van der Waals surface area contributed by atoms with E-state index in [1.165, 1.54) is 16.8 Å². The predicted octanol–water partition coefficient (Wildman–Crippen LogP) is 2.41. The normalized spacial score (nSPS) is 18.0. The molecule has 0 aliphatic carbocycles. The second kappa shape index (κ2) is 7.91. The first-order chi connectivity index (χ1) is 11.7. The Morgan fingerprint density at radius 2 is 1.96 bits per heavy atom. The van der Waals surface area contributed by atoms with Gasteiger partial charge in [0.1, 0.15) is 11.8 Å². The average molecular weight is 355 g/mol. The first kappa shape index (κ1) is 17.1. The Bertz CT molecular complexity index is 634. The number of rotatable bonds is 6. The summed E-state index contributed by atoms with van der Waals surface area (Å²) in [7, 11) is 0. The van der Waals surface area contributed by atoms with Gasteiger partial charge in [0.2, 0.25) is 0 Å². The molecular weight excluding hydrogens is 336 g/mol. The average Bonchev–Trinajstić information content (AvgIpc) is 3.08. The summed E-state index contributed by atoms with van der Waals surface area (Å²) in [4.78, 5) is 14.6. The van der Waals surface area contributed by atoms with Crippen LogP contribution in [-0.4, -0.2) is 45.6 Å². The molecule has 0 spiro atoms. The molecule has 0 amide bonds. The van der Waals surface area contributed by atoms with Crippen LogP contribution in [0.5, 0.6) is 6.01 Å². The van der Waals surface area contributed by atoms with Crippen molar-refractivity contribution in [1.82, 2.24) is 19.9 Å². The van der Waals surface area contributed by atoms with Gasteiger partial charge in [-0.2, -0.15) is 0 Å². The second-order valence-corrected chi connectivity index (χ2v) is 6.42. The van der Waals surface area contributed by atoms with Crippen LogP contribution < -0.4 is 10.5 Å². The topological polar surface area (TPSA) is 77.2 Å². The van der Waals surface area contributed by atoms with E-state index in [1.54, 1.807) is 18.5 Å². The van der Waals surface area contributed by atoms with Crippen molar-refractivity contribution < 1.29 is 13.5 Å². The molecule has 24 heavy (non-hydrogen) atoms. The summed E-state index contributed by atoms with van der Waals surface area (Å²) in [5, 5.41) is 0. The quantitative estimate of drug-likeness (QED) is 0.857. The minimum Gasteiger partial charge on any atom is -0.460 e. The summed E-state index contributed by atoms with van der Waals surface area (Å²) in [6, 6.07) is 1.88. The van der Waals surface area contributed by atoms with Crippen molar-refractivity contribution in [3.63, 3.8) is 0 Å². The van der Waals surface area contributed by atoms with Gasteiger partial charge in [-0.3, -0.25) is 4.90 Å². The highest BCUT2D eigenvalue weighted by molar-refractivity contribution is 7.09. The predicted molar refractivity (Wildman–Crippen MR) is 86.1 cm³/mol. The van der Waals surface area contributed by atoms with E-state index in [9.17, 15) is 8.78 Å². The van der Waals surface area contributed by atoms with E-state index < -0.39 is 6.43 Å². The summed E-state index contributed by atoms with van der Waals surface area (Å²) in [5.41, 5.74) is 7.18. The third kappa shape index (κ3) is 3.85. The van der Waals surface area contributed by atoms with Crippen molar-refractivity contribution in [1.29, 1.82) is 0 Å². The molecular formula is C15H19F2N5OS. The van der Waals surface area contributed by atoms with Crippen molar-refractivity contribution in [2.45, 2.75) is 31.4 Å². The van der Waals surface area contributed by atoms with Crippen molar-refractivity contribution in [3.8, 4) is 6.01 Å². The van der Waals surface area contributed by atoms with Gasteiger partial charge in [-0.25, -0.2) is 23.7 Å². The lowest BCUT2D eigenvalue weighted by molar-refractivity contribution is 0.0700. The SMILES string of the molecule is NCC(c1scnc1C(F)F)N1CCC(Oc2ncccn2)CC1. The Morgan fingerprint density at radius 3 is 2.58 bits per heavy atom. The highest BCUT2D eigenvalue weighted by Crippen LogP contribution is 2.34. The zero-order valence-corrected chi connectivity index (χ0v) is 13.8. The molecule has 2 aromatic rings. The maximum atomic E-state index is 13.1. The number of thiazole rings is 1. The minimum atomic E-state index is -2.57. The lowest BCUT2D eigenvalue weighted by Gasteiger charge is -2.36. The minimum absolute atomic E-state index is 0.0260. The fourth-order valence-corrected chi connectivity index (χ4v) is 3.84. The largest absolute Gasteiger partial charge is 0.460 e. The molecule has 1 unspecified atom stereocenters. The maximum absolute atomic E-state index is 13.1. The molecule has 0 bridgehead atoms. The number of likely N-dealkylation sites (tertiary alicyclic amines) is 1. The molecule has 2 aromatic heterocycles. The number of hydrogen-bond donors (Lipinski definition) is 1. The van der Waals surface area contributed by atoms with Crippen LogP contribution in [0.15, 0.2) is 24.0 Å². The Kier molecular flexibility index (Phi) is 5.64. The fourth-order valence-electron chi connectivity index (χ4n) is 2.90. The molecule has 1 aliphatic rings. The van der Waals surface area contributed by atoms with Gasteiger partial charge in [0.15, 0.2) is 0 Å². The van der Waals surface area contributed by atoms with Gasteiger partial charge in [-0.05, 0) is 18.9 Å². The van der Waals surface area contributed by atoms with Gasteiger partial charge in [-0.1, -0.05) is 0 Å². The van der Waals surface area contributed by atoms with E-state index in [-0.39, 0.29) is 24.4 Å². The van der Waals surface area contributed by atoms with Gasteiger partial charge in [0.25, 0.3) is 6.43 Å². The van der Waals surface area contributed by atoms with Crippen LogP contribution in [0.2, 0.25) is 0 Å². The monoisotopic (exact) mass is 355 g/mol. The Balaban J connectivity index is 1.61. The van der Waals surface area contributed by atoms with Crippen molar-refractivity contribution in [2.24, 2.45) is 5.73 Å². The molecule has 1 saturated heterocycles. The second-order valence-electron chi connectivity index (χ2n) is 5.54. The standard InChI is InChI=1S/C15H19F2N5OS/c16-14(17)12-13(24-9-21-12)11(8-18)22-6-2-10(3-7-22)23-15-19-4-1-5-20-15/h1,4-5,9-11,14H,2-3,6-8,18H2. The molecule has 1 aliphatic heterocycles. The number of hydrogen-bond acceptors (Lipinski definition) is 7. The van der Waals surface area contributed by atoms with E-state index in [2.05, 4.69) is 19.9 Å². The van der Waals surface area contributed by atoms with Crippen LogP contribution in [0.1, 0.15) is 35.9 Å². The van der Waals surface area contributed by atoms with Gasteiger partial charge in [0.05, 0.1) is 16.4 Å². The van der Waals surface area contributed by atoms with Crippen LogP contribution >= 0.6 is 11.3 Å². The Morgan fingerprint density at radius 1 is 1.25 bits per heavy atom. The molecule has 3 rings (SSSR count). The molecule has 9 heteroatoms. The van der Waals surface area contributed by atoms with Gasteiger partial charge in [0, 0.05) is 32.0 Å². The van der Waals surface area contributed by atoms with Crippen LogP contribution in [0.3, 0.4) is 0 Å². The molecule has 0 aromatic carbocycles. The molecule has 0 radical (unpaired) electrons. The maximum Gasteiger partial charge on any atom is 0.316 e. The molecule has 2 N–H and O–H groups in total. The summed E-state index contributed by atoms with van der Waals surface area (Å²) in [6.07, 6.45) is 2.28. The van der Waals surface area contributed by atoms with Crippen molar-refractivity contribution in [3.05, 3.63) is 34.5 Å². The highest BCUT2D eigenvalue weighted by Gasteiger charge is 2.30. The summed E-state index contributed by atoms with van der Waals surface area (Å²) in [6.45, 7) is 1.73. The number of halogens is 2. The van der Waals surface area contributed by atoms with Crippen LogP contribution in [0.4, 0.5) is 8.78 Å². The van der Waals surface area contributed by atoms with Gasteiger partial charge in [-0.15, -0.1) is 11.3 Å². The molecule has 6 nitrogen and oxygen atoms in total. The third-order valence-corrected chi connectivity index (χ3v) is 5.03. The first-order valence-corrected chi connectivity index (χ1v) is 8.66. The van der Waals surface area contributed by atoms with E-state index in [4.69, 9.17) is 10.5 Å². The fraction of sp³-hybridized carbons (Fsp3) is 0.533. The van der Waals surface area contributed by atoms with Crippen molar-refractivity contribution >= 4 is 11.3 Å². The number of ether oxygens (including phenoxy) is 1. The lowest BCUT2D eigenvalue weighted by Crippen LogP contribution is -2.42. The molecule has 1 atom stereocenters. The summed E-state index contributed by atoms with van der Waals surface area (Å²) < 4.78 is 31.9. The zero-order valence-electron chi connectivity index (χ0n) is 13.0. The molecule has 3 heterocycles. The van der Waals surface area contributed by atoms with E-state index >= 15 is 0 Å². The van der Waals surface area contributed by atoms with E-state index in [0.29, 0.717) is 10.9 Å². The van der Waals surface area contributed by atoms with Crippen molar-refractivity contribution in [2.75, 3.05) is 19.6 Å². The smallest absolute Gasteiger partial charge is 0.316 e. The number of alkyl halides is 2. The van der Waals surface area contributed by atoms with E-state index in [0.717, 1.165) is 25.9 Å². The summed E-state index contributed by atoms with van der Waals surface area (Å²) in [5.74, 6) is 0. The lowest BCUT2D eigenvalue weighted by atomic mass is 10.0. The highest BCUT2D eigenvalue weighted by atomic mass is 32.1. The number of aromatic nitrogens is 3. The van der Waals surface area contributed by atoms with Gasteiger partial charge < -0.3 is 10.5 Å². The Hall–Kier alpha value is -1.71. The van der Waals surface area contributed by atoms with Crippen LogP contribution in [-0.2, 0) is 0 Å². The van der Waals surface area contributed by atoms with Crippen LogP contribution in [0, 0.1) is 0 Å².